The molecule has 1 N–H and O–H groups in total. The van der Waals surface area contributed by atoms with E-state index in [9.17, 15) is 9.59 Å². The van der Waals surface area contributed by atoms with Gasteiger partial charge in [0.1, 0.15) is 6.04 Å². The van der Waals surface area contributed by atoms with Gasteiger partial charge in [-0.15, -0.1) is 11.3 Å². The Hall–Kier alpha value is -3.32. The first-order chi connectivity index (χ1) is 17.6. The molecule has 0 aliphatic heterocycles. The van der Waals surface area contributed by atoms with E-state index in [1.807, 2.05) is 53.9 Å². The van der Waals surface area contributed by atoms with Crippen LogP contribution in [0.4, 0.5) is 0 Å². The molecule has 1 aliphatic rings. The molecule has 1 aromatic heterocycles. The number of methoxy groups -OCH3 is 2. The molecule has 0 bridgehead atoms. The molecule has 0 saturated heterocycles. The molecular weight excluding hydrogens is 472 g/mol. The van der Waals surface area contributed by atoms with Crippen molar-refractivity contribution in [3.05, 3.63) is 82.0 Å². The van der Waals surface area contributed by atoms with Gasteiger partial charge in [-0.05, 0) is 47.5 Å². The number of hydrogen-bond donors (Lipinski definition) is 1. The topological polar surface area (TPSA) is 67.9 Å². The first-order valence-corrected chi connectivity index (χ1v) is 13.3. The van der Waals surface area contributed by atoms with Crippen molar-refractivity contribution in [3.63, 3.8) is 0 Å². The molecule has 2 amide bonds. The second-order valence-corrected chi connectivity index (χ2v) is 10.2. The van der Waals surface area contributed by atoms with Crippen LogP contribution >= 0.6 is 11.3 Å². The summed E-state index contributed by atoms with van der Waals surface area (Å²) in [5, 5.41) is 5.23. The summed E-state index contributed by atoms with van der Waals surface area (Å²) in [6, 6.07) is 18.5. The van der Waals surface area contributed by atoms with Crippen molar-refractivity contribution in [1.29, 1.82) is 0 Å². The minimum absolute atomic E-state index is 0.0973. The maximum atomic E-state index is 13.9. The van der Waals surface area contributed by atoms with E-state index in [-0.39, 0.29) is 24.3 Å². The molecule has 1 heterocycles. The Balaban J connectivity index is 1.73. The Labute approximate surface area is 217 Å². The first kappa shape index (κ1) is 25.8. The van der Waals surface area contributed by atoms with Crippen LogP contribution in [0.1, 0.15) is 54.1 Å². The minimum atomic E-state index is -0.806. The number of nitrogens with one attached hydrogen (secondary N) is 1. The highest BCUT2D eigenvalue weighted by atomic mass is 32.1. The molecule has 190 valence electrons. The zero-order chi connectivity index (χ0) is 25.3. The molecule has 2 aromatic carbocycles. The van der Waals surface area contributed by atoms with Gasteiger partial charge in [0.15, 0.2) is 11.5 Å². The molecule has 7 heteroatoms. The molecule has 36 heavy (non-hydrogen) atoms. The Morgan fingerprint density at radius 1 is 0.972 bits per heavy atom. The zero-order valence-electron chi connectivity index (χ0n) is 20.9. The average molecular weight is 507 g/mol. The van der Waals surface area contributed by atoms with Crippen molar-refractivity contribution in [3.8, 4) is 11.5 Å². The molecule has 0 spiro atoms. The molecular formula is C29H34N2O4S. The summed E-state index contributed by atoms with van der Waals surface area (Å²) in [5.74, 6) is 0.840. The number of benzene rings is 2. The predicted molar refractivity (Wildman–Crippen MR) is 142 cm³/mol. The lowest BCUT2D eigenvalue weighted by atomic mass is 9.94. The average Bonchev–Trinajstić information content (AvgIpc) is 3.42. The first-order valence-electron chi connectivity index (χ1n) is 12.5. The third-order valence-electron chi connectivity index (χ3n) is 6.66. The number of carbonyl (C=O) groups excluding carboxylic acids is 2. The van der Waals surface area contributed by atoms with Crippen molar-refractivity contribution in [2.75, 3.05) is 14.2 Å². The number of rotatable bonds is 10. The van der Waals surface area contributed by atoms with Gasteiger partial charge in [0, 0.05) is 17.5 Å². The predicted octanol–water partition coefficient (Wildman–Crippen LogP) is 5.53. The van der Waals surface area contributed by atoms with Crippen molar-refractivity contribution in [2.45, 2.75) is 57.2 Å². The van der Waals surface area contributed by atoms with Gasteiger partial charge in [0.2, 0.25) is 11.8 Å². The monoisotopic (exact) mass is 506 g/mol. The van der Waals surface area contributed by atoms with E-state index in [0.717, 1.165) is 36.1 Å². The van der Waals surface area contributed by atoms with E-state index < -0.39 is 6.04 Å². The van der Waals surface area contributed by atoms with Gasteiger partial charge in [-0.1, -0.05) is 61.7 Å². The number of nitrogens with zero attached hydrogens (tertiary/aromatic N) is 1. The molecule has 1 unspecified atom stereocenters. The lowest BCUT2D eigenvalue weighted by Gasteiger charge is -2.34. The Morgan fingerprint density at radius 3 is 2.39 bits per heavy atom. The fraction of sp³-hybridized carbons (Fsp3) is 0.379. The van der Waals surface area contributed by atoms with Gasteiger partial charge in [0.25, 0.3) is 0 Å². The van der Waals surface area contributed by atoms with Crippen LogP contribution in [0.5, 0.6) is 11.5 Å². The Morgan fingerprint density at radius 2 is 1.72 bits per heavy atom. The molecule has 1 saturated carbocycles. The van der Waals surface area contributed by atoms with Crippen molar-refractivity contribution in [2.24, 2.45) is 0 Å². The van der Waals surface area contributed by atoms with E-state index >= 15 is 0 Å². The molecule has 4 rings (SSSR count). The van der Waals surface area contributed by atoms with Gasteiger partial charge in [-0.3, -0.25) is 9.59 Å². The van der Waals surface area contributed by atoms with Crippen LogP contribution in [0.3, 0.4) is 0 Å². The summed E-state index contributed by atoms with van der Waals surface area (Å²) in [6.45, 7) is 0.322. The van der Waals surface area contributed by atoms with Crippen LogP contribution < -0.4 is 14.8 Å². The van der Waals surface area contributed by atoms with Crippen molar-refractivity contribution in [1.82, 2.24) is 10.2 Å². The lowest BCUT2D eigenvalue weighted by molar-refractivity contribution is -0.141. The highest BCUT2D eigenvalue weighted by Crippen LogP contribution is 2.34. The van der Waals surface area contributed by atoms with Crippen LogP contribution in [-0.4, -0.2) is 37.0 Å². The normalized spacial score (nSPS) is 14.6. The fourth-order valence-corrected chi connectivity index (χ4v) is 5.49. The molecule has 1 atom stereocenters. The summed E-state index contributed by atoms with van der Waals surface area (Å²) in [4.78, 5) is 30.4. The number of carbonyl (C=O) groups is 2. The maximum absolute atomic E-state index is 13.9. The molecule has 3 aromatic rings. The summed E-state index contributed by atoms with van der Waals surface area (Å²) < 4.78 is 11.0. The van der Waals surface area contributed by atoms with Crippen molar-refractivity contribution < 1.29 is 19.1 Å². The second kappa shape index (κ2) is 12.6. The molecule has 6 nitrogen and oxygen atoms in total. The number of thiophene rings is 1. The van der Waals surface area contributed by atoms with E-state index in [1.54, 1.807) is 42.6 Å². The number of ether oxygens (including phenoxy) is 2. The van der Waals surface area contributed by atoms with E-state index in [0.29, 0.717) is 23.6 Å². The van der Waals surface area contributed by atoms with Gasteiger partial charge in [-0.25, -0.2) is 0 Å². The highest BCUT2D eigenvalue weighted by Gasteiger charge is 2.33. The van der Waals surface area contributed by atoms with Crippen molar-refractivity contribution >= 4 is 23.2 Å². The van der Waals surface area contributed by atoms with Gasteiger partial charge < -0.3 is 19.7 Å². The third kappa shape index (κ3) is 6.46. The van der Waals surface area contributed by atoms with Crippen LogP contribution in [0.25, 0.3) is 0 Å². The lowest BCUT2D eigenvalue weighted by Crippen LogP contribution is -2.47. The SMILES string of the molecule is COc1ccc(C(C(=O)NC2CCCCC2)N(Cc2ccccc2)C(=O)Cc2cccs2)cc1OC. The summed E-state index contributed by atoms with van der Waals surface area (Å²) in [6.07, 6.45) is 5.59. The van der Waals surface area contributed by atoms with E-state index in [1.165, 1.54) is 6.42 Å². The standard InChI is InChI=1S/C29H34N2O4S/c1-34-25-16-15-22(18-26(25)35-2)28(29(33)30-23-12-7-4-8-13-23)31(20-21-10-5-3-6-11-21)27(32)19-24-14-9-17-36-24/h3,5-6,9-11,14-18,23,28H,4,7-8,12-13,19-20H2,1-2H3,(H,30,33). The van der Waals surface area contributed by atoms with Crippen LogP contribution in [0.15, 0.2) is 66.0 Å². The highest BCUT2D eigenvalue weighted by molar-refractivity contribution is 7.10. The smallest absolute Gasteiger partial charge is 0.247 e. The van der Waals surface area contributed by atoms with Crippen LogP contribution in [0.2, 0.25) is 0 Å². The van der Waals surface area contributed by atoms with Gasteiger partial charge in [-0.2, -0.15) is 0 Å². The summed E-state index contributed by atoms with van der Waals surface area (Å²) >= 11 is 1.55. The summed E-state index contributed by atoms with van der Waals surface area (Å²) in [5.41, 5.74) is 1.66. The number of hydrogen-bond acceptors (Lipinski definition) is 5. The van der Waals surface area contributed by atoms with E-state index in [2.05, 4.69) is 5.32 Å². The second-order valence-electron chi connectivity index (χ2n) is 9.12. The van der Waals surface area contributed by atoms with E-state index in [4.69, 9.17) is 9.47 Å². The van der Waals surface area contributed by atoms with Gasteiger partial charge in [0.05, 0.1) is 20.6 Å². The summed E-state index contributed by atoms with van der Waals surface area (Å²) in [7, 11) is 3.15. The Bertz CT molecular complexity index is 1130. The largest absolute Gasteiger partial charge is 0.493 e. The van der Waals surface area contributed by atoms with Crippen LogP contribution in [-0.2, 0) is 22.6 Å². The zero-order valence-corrected chi connectivity index (χ0v) is 21.8. The fourth-order valence-electron chi connectivity index (χ4n) is 4.79. The molecule has 0 radical (unpaired) electrons. The quantitative estimate of drug-likeness (QED) is 0.393. The minimum Gasteiger partial charge on any atom is -0.493 e. The molecule has 1 aliphatic carbocycles. The third-order valence-corrected chi connectivity index (χ3v) is 7.53. The van der Waals surface area contributed by atoms with Gasteiger partial charge >= 0.3 is 0 Å². The number of amides is 2. The van der Waals surface area contributed by atoms with Crippen LogP contribution in [0, 0.1) is 0 Å². The maximum Gasteiger partial charge on any atom is 0.247 e. The molecule has 1 fully saturated rings. The Kier molecular flexibility index (Phi) is 9.01.